The number of fused-ring (bicyclic) bond motifs is 3. The highest BCUT2D eigenvalue weighted by Crippen LogP contribution is 2.48. The van der Waals surface area contributed by atoms with Crippen molar-refractivity contribution < 1.29 is 0 Å². The molecular weight excluding hydrogens is 292 g/mol. The Hall–Kier alpha value is -2.74. The quantitative estimate of drug-likeness (QED) is 0.435. The molecule has 116 valence electrons. The molecular formula is C22H18N2. The topological polar surface area (TPSA) is 25.8 Å². The Morgan fingerprint density at radius 3 is 2.42 bits per heavy atom. The normalized spacial score (nSPS) is 14.8. The van der Waals surface area contributed by atoms with Crippen LogP contribution in [0.3, 0.4) is 0 Å². The molecule has 0 saturated carbocycles. The van der Waals surface area contributed by atoms with Gasteiger partial charge in [0, 0.05) is 16.7 Å². The van der Waals surface area contributed by atoms with Crippen LogP contribution in [-0.2, 0) is 5.41 Å². The second kappa shape index (κ2) is 4.41. The summed E-state index contributed by atoms with van der Waals surface area (Å²) in [4.78, 5) is 9.71. The molecule has 5 rings (SSSR count). The summed E-state index contributed by atoms with van der Waals surface area (Å²) in [6.45, 7) is 6.61. The van der Waals surface area contributed by atoms with Gasteiger partial charge in [-0.1, -0.05) is 50.2 Å². The largest absolute Gasteiger partial charge is 0.251 e. The summed E-state index contributed by atoms with van der Waals surface area (Å²) in [5.41, 5.74) is 7.86. The smallest absolute Gasteiger partial charge is 0.0894 e. The molecule has 0 unspecified atom stereocenters. The molecule has 0 atom stereocenters. The van der Waals surface area contributed by atoms with E-state index >= 15 is 0 Å². The molecule has 0 bridgehead atoms. The number of hydrogen-bond acceptors (Lipinski definition) is 2. The van der Waals surface area contributed by atoms with Gasteiger partial charge >= 0.3 is 0 Å². The van der Waals surface area contributed by atoms with Crippen molar-refractivity contribution in [2.45, 2.75) is 26.2 Å². The minimum absolute atomic E-state index is 0.0875. The molecule has 0 fully saturated rings. The Balaban J connectivity index is 1.99. The molecule has 0 radical (unpaired) electrons. The van der Waals surface area contributed by atoms with Gasteiger partial charge in [-0.05, 0) is 47.0 Å². The van der Waals surface area contributed by atoms with Crippen LogP contribution in [0, 0.1) is 6.92 Å². The van der Waals surface area contributed by atoms with Crippen molar-refractivity contribution in [3.63, 3.8) is 0 Å². The maximum atomic E-state index is 5.01. The number of benzene rings is 2. The molecule has 0 spiro atoms. The van der Waals surface area contributed by atoms with E-state index in [0.29, 0.717) is 0 Å². The molecule has 1 aliphatic rings. The Bertz CT molecular complexity index is 1130. The minimum atomic E-state index is -0.0875. The molecule has 2 heterocycles. The van der Waals surface area contributed by atoms with Crippen LogP contribution >= 0.6 is 0 Å². The van der Waals surface area contributed by atoms with Gasteiger partial charge in [0.2, 0.25) is 0 Å². The van der Waals surface area contributed by atoms with Gasteiger partial charge < -0.3 is 0 Å². The second-order valence-electron chi connectivity index (χ2n) is 7.21. The van der Waals surface area contributed by atoms with Crippen LogP contribution in [0.25, 0.3) is 33.1 Å². The standard InChI is InChI=1S/C22H18N2/c1-13-10-11-18-19(23-13)12-17-21(24-18)15-8-4-6-14-7-5-9-16(20(14)15)22(17,2)3/h4-12H,1-3H3. The lowest BCUT2D eigenvalue weighted by atomic mass is 9.70. The summed E-state index contributed by atoms with van der Waals surface area (Å²) in [6, 6.07) is 19.5. The van der Waals surface area contributed by atoms with Crippen LogP contribution in [0.15, 0.2) is 54.6 Å². The Labute approximate surface area is 141 Å². The number of pyridine rings is 2. The first kappa shape index (κ1) is 13.7. The van der Waals surface area contributed by atoms with Crippen LogP contribution in [0.1, 0.15) is 30.7 Å². The summed E-state index contributed by atoms with van der Waals surface area (Å²) in [5, 5.41) is 2.62. The number of aromatic nitrogens is 2. The lowest BCUT2D eigenvalue weighted by Gasteiger charge is -2.34. The van der Waals surface area contributed by atoms with Gasteiger partial charge in [-0.15, -0.1) is 0 Å². The van der Waals surface area contributed by atoms with Gasteiger partial charge in [0.05, 0.1) is 16.7 Å². The highest BCUT2D eigenvalue weighted by atomic mass is 14.8. The maximum absolute atomic E-state index is 5.01. The van der Waals surface area contributed by atoms with Crippen LogP contribution in [0.2, 0.25) is 0 Å². The number of rotatable bonds is 0. The first-order valence-corrected chi connectivity index (χ1v) is 8.37. The van der Waals surface area contributed by atoms with Gasteiger partial charge in [0.25, 0.3) is 0 Å². The predicted molar refractivity (Wildman–Crippen MR) is 99.3 cm³/mol. The average Bonchev–Trinajstić information content (AvgIpc) is 2.58. The Morgan fingerprint density at radius 1 is 0.792 bits per heavy atom. The zero-order valence-electron chi connectivity index (χ0n) is 14.1. The minimum Gasteiger partial charge on any atom is -0.251 e. The molecule has 0 aliphatic heterocycles. The van der Waals surface area contributed by atoms with Crippen molar-refractivity contribution >= 4 is 21.8 Å². The van der Waals surface area contributed by atoms with E-state index in [9.17, 15) is 0 Å². The van der Waals surface area contributed by atoms with Crippen molar-refractivity contribution in [1.82, 2.24) is 9.97 Å². The van der Waals surface area contributed by atoms with E-state index < -0.39 is 0 Å². The van der Waals surface area contributed by atoms with Crippen molar-refractivity contribution in [2.24, 2.45) is 0 Å². The van der Waals surface area contributed by atoms with E-state index in [-0.39, 0.29) is 5.41 Å². The van der Waals surface area contributed by atoms with E-state index in [1.165, 1.54) is 27.5 Å². The summed E-state index contributed by atoms with van der Waals surface area (Å²) < 4.78 is 0. The van der Waals surface area contributed by atoms with E-state index in [2.05, 4.69) is 62.4 Å². The molecule has 2 heteroatoms. The highest BCUT2D eigenvalue weighted by molar-refractivity contribution is 6.03. The van der Waals surface area contributed by atoms with Crippen LogP contribution in [0.4, 0.5) is 0 Å². The molecule has 24 heavy (non-hydrogen) atoms. The Kier molecular flexibility index (Phi) is 2.52. The lowest BCUT2D eigenvalue weighted by molar-refractivity contribution is 0.643. The van der Waals surface area contributed by atoms with E-state index in [1.54, 1.807) is 0 Å². The van der Waals surface area contributed by atoms with Gasteiger partial charge in [-0.2, -0.15) is 0 Å². The number of aryl methyl sites for hydroxylation is 1. The molecule has 0 N–H and O–H groups in total. The zero-order chi connectivity index (χ0) is 16.5. The van der Waals surface area contributed by atoms with E-state index in [1.807, 2.05) is 13.0 Å². The van der Waals surface area contributed by atoms with E-state index in [0.717, 1.165) is 22.4 Å². The first-order valence-electron chi connectivity index (χ1n) is 8.37. The molecule has 2 aromatic heterocycles. The van der Waals surface area contributed by atoms with Crippen molar-refractivity contribution in [1.29, 1.82) is 0 Å². The highest BCUT2D eigenvalue weighted by Gasteiger charge is 2.34. The zero-order valence-corrected chi connectivity index (χ0v) is 14.1. The summed E-state index contributed by atoms with van der Waals surface area (Å²) in [7, 11) is 0. The SMILES string of the molecule is Cc1ccc2nc3c(cc2n1)C(C)(C)c1cccc2cccc-3c12. The van der Waals surface area contributed by atoms with Crippen LogP contribution in [0.5, 0.6) is 0 Å². The predicted octanol–water partition coefficient (Wildman–Crippen LogP) is 5.40. The fraction of sp³-hybridized carbons (Fsp3) is 0.182. The monoisotopic (exact) mass is 310 g/mol. The molecule has 0 amide bonds. The third-order valence-electron chi connectivity index (χ3n) is 5.32. The molecule has 4 aromatic rings. The van der Waals surface area contributed by atoms with Gasteiger partial charge in [-0.25, -0.2) is 4.98 Å². The third kappa shape index (κ3) is 1.66. The Morgan fingerprint density at radius 2 is 1.58 bits per heavy atom. The fourth-order valence-electron chi connectivity index (χ4n) is 4.04. The number of nitrogens with zero attached hydrogens (tertiary/aromatic N) is 2. The second-order valence-corrected chi connectivity index (χ2v) is 7.21. The molecule has 1 aliphatic carbocycles. The van der Waals surface area contributed by atoms with Gasteiger partial charge in [0.1, 0.15) is 0 Å². The van der Waals surface area contributed by atoms with Crippen molar-refractivity contribution in [2.75, 3.05) is 0 Å². The number of hydrogen-bond donors (Lipinski definition) is 0. The van der Waals surface area contributed by atoms with Gasteiger partial charge in [0.15, 0.2) is 0 Å². The summed E-state index contributed by atoms with van der Waals surface area (Å²) in [6.07, 6.45) is 0. The average molecular weight is 310 g/mol. The molecule has 0 saturated heterocycles. The summed E-state index contributed by atoms with van der Waals surface area (Å²) in [5.74, 6) is 0. The first-order chi connectivity index (χ1) is 11.6. The van der Waals surface area contributed by atoms with E-state index in [4.69, 9.17) is 9.97 Å². The third-order valence-corrected chi connectivity index (χ3v) is 5.32. The molecule has 2 nitrogen and oxygen atoms in total. The summed E-state index contributed by atoms with van der Waals surface area (Å²) >= 11 is 0. The van der Waals surface area contributed by atoms with Crippen LogP contribution in [-0.4, -0.2) is 9.97 Å². The maximum Gasteiger partial charge on any atom is 0.0894 e. The van der Waals surface area contributed by atoms with Crippen LogP contribution < -0.4 is 0 Å². The molecule has 2 aromatic carbocycles. The fourth-order valence-corrected chi connectivity index (χ4v) is 4.04. The van der Waals surface area contributed by atoms with Crippen molar-refractivity contribution in [3.05, 3.63) is 71.4 Å². The lowest BCUT2D eigenvalue weighted by Crippen LogP contribution is -2.24. The van der Waals surface area contributed by atoms with Gasteiger partial charge in [-0.3, -0.25) is 4.98 Å². The van der Waals surface area contributed by atoms with Crippen molar-refractivity contribution in [3.8, 4) is 11.3 Å².